The Bertz CT molecular complexity index is 579. The van der Waals surface area contributed by atoms with Gasteiger partial charge in [0.15, 0.2) is 0 Å². The van der Waals surface area contributed by atoms with E-state index in [1.807, 2.05) is 43.3 Å². The molecule has 0 aromatic heterocycles. The van der Waals surface area contributed by atoms with Crippen LogP contribution in [0.4, 0.5) is 11.4 Å². The second-order valence-corrected chi connectivity index (χ2v) is 4.91. The average Bonchev–Trinajstić information content (AvgIpc) is 2.35. The number of nitrogens with one attached hydrogen (secondary N) is 1. The monoisotopic (exact) mass is 304 g/mol. The summed E-state index contributed by atoms with van der Waals surface area (Å²) >= 11 is 3.35. The Morgan fingerprint density at radius 3 is 2.50 bits per heavy atom. The molecule has 0 aliphatic heterocycles. The first-order valence-corrected chi connectivity index (χ1v) is 6.29. The molecule has 1 amide bonds. The van der Waals surface area contributed by atoms with Crippen LogP contribution >= 0.6 is 15.9 Å². The molecule has 3 nitrogen and oxygen atoms in total. The number of rotatable bonds is 2. The number of hydrogen-bond acceptors (Lipinski definition) is 2. The number of halogens is 1. The molecule has 0 radical (unpaired) electrons. The van der Waals surface area contributed by atoms with E-state index in [1.165, 1.54) is 0 Å². The third-order valence-electron chi connectivity index (χ3n) is 2.67. The highest BCUT2D eigenvalue weighted by molar-refractivity contribution is 9.10. The first kappa shape index (κ1) is 12.6. The van der Waals surface area contributed by atoms with Gasteiger partial charge < -0.3 is 11.1 Å². The Morgan fingerprint density at radius 2 is 1.83 bits per heavy atom. The van der Waals surface area contributed by atoms with Crippen molar-refractivity contribution in [3.8, 4) is 0 Å². The van der Waals surface area contributed by atoms with Gasteiger partial charge in [-0.2, -0.15) is 0 Å². The fraction of sp³-hybridized carbons (Fsp3) is 0.0714. The van der Waals surface area contributed by atoms with E-state index in [9.17, 15) is 4.79 Å². The van der Waals surface area contributed by atoms with Crippen molar-refractivity contribution >= 4 is 33.2 Å². The maximum atomic E-state index is 12.1. The molecule has 0 saturated heterocycles. The molecule has 0 unspecified atom stereocenters. The molecule has 0 spiro atoms. The van der Waals surface area contributed by atoms with Crippen molar-refractivity contribution in [1.82, 2.24) is 0 Å². The fourth-order valence-electron chi connectivity index (χ4n) is 1.61. The zero-order valence-electron chi connectivity index (χ0n) is 9.91. The van der Waals surface area contributed by atoms with Gasteiger partial charge in [-0.15, -0.1) is 0 Å². The predicted molar refractivity (Wildman–Crippen MR) is 77.7 cm³/mol. The SMILES string of the molecule is Cc1cccc(C(=O)Nc2ccc(Br)cc2)c1N. The number of anilines is 2. The largest absolute Gasteiger partial charge is 0.398 e. The quantitative estimate of drug-likeness (QED) is 0.833. The van der Waals surface area contributed by atoms with Crippen molar-refractivity contribution in [2.24, 2.45) is 0 Å². The van der Waals surface area contributed by atoms with E-state index in [4.69, 9.17) is 5.73 Å². The summed E-state index contributed by atoms with van der Waals surface area (Å²) in [4.78, 5) is 12.1. The maximum Gasteiger partial charge on any atom is 0.257 e. The van der Waals surface area contributed by atoms with E-state index in [0.717, 1.165) is 15.7 Å². The van der Waals surface area contributed by atoms with Crippen LogP contribution in [-0.2, 0) is 0 Å². The van der Waals surface area contributed by atoms with Crippen LogP contribution in [0.5, 0.6) is 0 Å². The highest BCUT2D eigenvalue weighted by Gasteiger charge is 2.10. The van der Waals surface area contributed by atoms with Crippen LogP contribution in [0.2, 0.25) is 0 Å². The van der Waals surface area contributed by atoms with Crippen molar-refractivity contribution in [2.75, 3.05) is 11.1 Å². The van der Waals surface area contributed by atoms with Crippen LogP contribution in [0, 0.1) is 6.92 Å². The Morgan fingerprint density at radius 1 is 1.17 bits per heavy atom. The first-order chi connectivity index (χ1) is 8.58. The van der Waals surface area contributed by atoms with E-state index in [1.54, 1.807) is 6.07 Å². The summed E-state index contributed by atoms with van der Waals surface area (Å²) in [7, 11) is 0. The normalized spacial score (nSPS) is 10.1. The van der Waals surface area contributed by atoms with Gasteiger partial charge in [0.1, 0.15) is 0 Å². The molecule has 0 aliphatic rings. The molecule has 4 heteroatoms. The Balaban J connectivity index is 2.22. The zero-order valence-corrected chi connectivity index (χ0v) is 11.5. The minimum Gasteiger partial charge on any atom is -0.398 e. The Kier molecular flexibility index (Phi) is 3.67. The number of para-hydroxylation sites is 1. The number of carbonyl (C=O) groups excluding carboxylic acids is 1. The molecule has 0 bridgehead atoms. The first-order valence-electron chi connectivity index (χ1n) is 5.50. The van der Waals surface area contributed by atoms with Crippen LogP contribution < -0.4 is 11.1 Å². The van der Waals surface area contributed by atoms with Gasteiger partial charge in [-0.25, -0.2) is 0 Å². The lowest BCUT2D eigenvalue weighted by molar-refractivity contribution is 0.102. The van der Waals surface area contributed by atoms with Gasteiger partial charge in [0, 0.05) is 15.8 Å². The number of hydrogen-bond donors (Lipinski definition) is 2. The second kappa shape index (κ2) is 5.23. The lowest BCUT2D eigenvalue weighted by Gasteiger charge is -2.09. The highest BCUT2D eigenvalue weighted by Crippen LogP contribution is 2.19. The number of nitrogens with two attached hydrogens (primary N) is 1. The lowest BCUT2D eigenvalue weighted by atomic mass is 10.1. The summed E-state index contributed by atoms with van der Waals surface area (Å²) in [6.45, 7) is 1.88. The topological polar surface area (TPSA) is 55.1 Å². The standard InChI is InChI=1S/C14H13BrN2O/c1-9-3-2-4-12(13(9)16)14(18)17-11-7-5-10(15)6-8-11/h2-8H,16H2,1H3,(H,17,18). The summed E-state index contributed by atoms with van der Waals surface area (Å²) in [6, 6.07) is 12.8. The molecule has 0 saturated carbocycles. The smallest absolute Gasteiger partial charge is 0.257 e. The van der Waals surface area contributed by atoms with Crippen LogP contribution in [0.25, 0.3) is 0 Å². The van der Waals surface area contributed by atoms with Crippen LogP contribution in [0.3, 0.4) is 0 Å². The summed E-state index contributed by atoms with van der Waals surface area (Å²) < 4.78 is 0.968. The minimum atomic E-state index is -0.196. The number of carbonyl (C=O) groups is 1. The Hall–Kier alpha value is -1.81. The summed E-state index contributed by atoms with van der Waals surface area (Å²) in [5.41, 5.74) is 8.55. The van der Waals surface area contributed by atoms with E-state index in [-0.39, 0.29) is 5.91 Å². The van der Waals surface area contributed by atoms with Gasteiger partial charge in [0.25, 0.3) is 5.91 Å². The van der Waals surface area contributed by atoms with Gasteiger partial charge in [0.2, 0.25) is 0 Å². The molecule has 0 fully saturated rings. The molecular weight excluding hydrogens is 292 g/mol. The molecular formula is C14H13BrN2O. The van der Waals surface area contributed by atoms with Crippen molar-refractivity contribution in [3.05, 3.63) is 58.1 Å². The van der Waals surface area contributed by atoms with Gasteiger partial charge in [-0.05, 0) is 42.8 Å². The minimum absolute atomic E-state index is 0.196. The number of nitrogen functional groups attached to an aromatic ring is 1. The highest BCUT2D eigenvalue weighted by atomic mass is 79.9. The average molecular weight is 305 g/mol. The van der Waals surface area contributed by atoms with Crippen molar-refractivity contribution in [1.29, 1.82) is 0 Å². The van der Waals surface area contributed by atoms with Crippen molar-refractivity contribution < 1.29 is 4.79 Å². The molecule has 0 atom stereocenters. The number of amides is 1. The molecule has 2 rings (SSSR count). The fourth-order valence-corrected chi connectivity index (χ4v) is 1.87. The predicted octanol–water partition coefficient (Wildman–Crippen LogP) is 3.59. The second-order valence-electron chi connectivity index (χ2n) is 4.00. The molecule has 92 valence electrons. The molecule has 0 heterocycles. The molecule has 2 aromatic rings. The zero-order chi connectivity index (χ0) is 13.1. The maximum absolute atomic E-state index is 12.1. The van der Waals surface area contributed by atoms with Crippen molar-refractivity contribution in [2.45, 2.75) is 6.92 Å². The van der Waals surface area contributed by atoms with Gasteiger partial charge in [-0.1, -0.05) is 28.1 Å². The van der Waals surface area contributed by atoms with Crippen molar-refractivity contribution in [3.63, 3.8) is 0 Å². The van der Waals surface area contributed by atoms with Gasteiger partial charge in [-0.3, -0.25) is 4.79 Å². The van der Waals surface area contributed by atoms with Crippen LogP contribution in [0.15, 0.2) is 46.9 Å². The third-order valence-corrected chi connectivity index (χ3v) is 3.20. The molecule has 2 aromatic carbocycles. The molecule has 0 aliphatic carbocycles. The Labute approximate surface area is 114 Å². The summed E-state index contributed by atoms with van der Waals surface area (Å²) in [5.74, 6) is -0.196. The third kappa shape index (κ3) is 2.71. The molecule has 3 N–H and O–H groups in total. The van der Waals surface area contributed by atoms with E-state index in [2.05, 4.69) is 21.2 Å². The lowest BCUT2D eigenvalue weighted by Crippen LogP contribution is -2.14. The van der Waals surface area contributed by atoms with E-state index < -0.39 is 0 Å². The van der Waals surface area contributed by atoms with E-state index in [0.29, 0.717) is 11.3 Å². The summed E-state index contributed by atoms with van der Waals surface area (Å²) in [6.07, 6.45) is 0. The number of aryl methyl sites for hydroxylation is 1. The van der Waals surface area contributed by atoms with Gasteiger partial charge >= 0.3 is 0 Å². The summed E-state index contributed by atoms with van der Waals surface area (Å²) in [5, 5.41) is 2.81. The van der Waals surface area contributed by atoms with Crippen LogP contribution in [-0.4, -0.2) is 5.91 Å². The number of benzene rings is 2. The van der Waals surface area contributed by atoms with E-state index >= 15 is 0 Å². The van der Waals surface area contributed by atoms with Gasteiger partial charge in [0.05, 0.1) is 5.56 Å². The molecule has 18 heavy (non-hydrogen) atoms. The van der Waals surface area contributed by atoms with Crippen LogP contribution in [0.1, 0.15) is 15.9 Å².